The van der Waals surface area contributed by atoms with Crippen molar-refractivity contribution in [2.24, 2.45) is 0 Å². The molecule has 0 fully saturated rings. The minimum Gasteiger partial charge on any atom is -0.394 e. The molecule has 0 aliphatic carbocycles. The molecule has 0 bridgehead atoms. The van der Waals surface area contributed by atoms with Crippen molar-refractivity contribution in [3.05, 3.63) is 16.6 Å². The van der Waals surface area contributed by atoms with E-state index < -0.39 is 5.54 Å². The van der Waals surface area contributed by atoms with Crippen LogP contribution in [0.2, 0.25) is 0 Å². The van der Waals surface area contributed by atoms with E-state index in [1.165, 1.54) is 16.2 Å². The number of aliphatic hydroxyl groups is 1. The van der Waals surface area contributed by atoms with Crippen LogP contribution in [0.15, 0.2) is 10.9 Å². The molecule has 0 spiro atoms. The second kappa shape index (κ2) is 4.06. The highest BCUT2D eigenvalue weighted by atomic mass is 32.1. The Morgan fingerprint density at radius 3 is 2.79 bits per heavy atom. The van der Waals surface area contributed by atoms with Gasteiger partial charge in [-0.2, -0.15) is 0 Å². The topological polar surface area (TPSA) is 53.4 Å². The fourth-order valence-corrected chi connectivity index (χ4v) is 1.40. The van der Waals surface area contributed by atoms with Crippen LogP contribution in [0.5, 0.6) is 0 Å². The summed E-state index contributed by atoms with van der Waals surface area (Å²) in [6, 6.07) is 0. The minimum atomic E-state index is -0.555. The highest BCUT2D eigenvalue weighted by Crippen LogP contribution is 2.15. The minimum absolute atomic E-state index is 0.0701. The molecule has 78 valence electrons. The van der Waals surface area contributed by atoms with E-state index in [2.05, 4.69) is 4.98 Å². The van der Waals surface area contributed by atoms with Gasteiger partial charge in [0.2, 0.25) is 0 Å². The first kappa shape index (κ1) is 11.1. The summed E-state index contributed by atoms with van der Waals surface area (Å²) in [5.41, 5.74) is 1.49. The van der Waals surface area contributed by atoms with Crippen molar-refractivity contribution in [3.8, 4) is 0 Å². The van der Waals surface area contributed by atoms with Crippen LogP contribution >= 0.6 is 11.3 Å². The summed E-state index contributed by atoms with van der Waals surface area (Å²) in [5.74, 6) is -0.162. The van der Waals surface area contributed by atoms with E-state index in [1.54, 1.807) is 31.8 Å². The Hall–Kier alpha value is -0.940. The number of amides is 1. The van der Waals surface area contributed by atoms with E-state index in [9.17, 15) is 4.79 Å². The fourth-order valence-electron chi connectivity index (χ4n) is 0.871. The van der Waals surface area contributed by atoms with Gasteiger partial charge in [-0.25, -0.2) is 4.98 Å². The van der Waals surface area contributed by atoms with Crippen LogP contribution < -0.4 is 0 Å². The predicted molar refractivity (Wildman–Crippen MR) is 55.4 cm³/mol. The number of thiazole rings is 1. The molecule has 0 aliphatic rings. The van der Waals surface area contributed by atoms with Crippen LogP contribution in [0.4, 0.5) is 0 Å². The summed E-state index contributed by atoms with van der Waals surface area (Å²) in [5, 5.41) is 10.8. The summed E-state index contributed by atoms with van der Waals surface area (Å²) in [6.45, 7) is 3.54. The van der Waals surface area contributed by atoms with E-state index in [0.717, 1.165) is 0 Å². The SMILES string of the molecule is CN(C(=O)c1cscn1)C(C)(C)CO. The van der Waals surface area contributed by atoms with Crippen molar-refractivity contribution in [2.75, 3.05) is 13.7 Å². The highest BCUT2D eigenvalue weighted by Gasteiger charge is 2.28. The van der Waals surface area contributed by atoms with Gasteiger partial charge >= 0.3 is 0 Å². The van der Waals surface area contributed by atoms with Gasteiger partial charge in [-0.1, -0.05) is 0 Å². The van der Waals surface area contributed by atoms with Crippen molar-refractivity contribution in [2.45, 2.75) is 19.4 Å². The van der Waals surface area contributed by atoms with Crippen LogP contribution in [0.25, 0.3) is 0 Å². The van der Waals surface area contributed by atoms with Crippen LogP contribution in [0, 0.1) is 0 Å². The van der Waals surface area contributed by atoms with Gasteiger partial charge in [0.25, 0.3) is 5.91 Å². The molecular formula is C9H14N2O2S. The van der Waals surface area contributed by atoms with Crippen LogP contribution in [0.3, 0.4) is 0 Å². The Morgan fingerprint density at radius 1 is 1.71 bits per heavy atom. The van der Waals surface area contributed by atoms with Crippen molar-refractivity contribution in [3.63, 3.8) is 0 Å². The maximum Gasteiger partial charge on any atom is 0.273 e. The summed E-state index contributed by atoms with van der Waals surface area (Å²) < 4.78 is 0. The maximum absolute atomic E-state index is 11.8. The number of carbonyl (C=O) groups excluding carboxylic acids is 1. The predicted octanol–water partition coefficient (Wildman–Crippen LogP) is 0.986. The standard InChI is InChI=1S/C9H14N2O2S/c1-9(2,5-12)11(3)8(13)7-4-14-6-10-7/h4,6,12H,5H2,1-3H3. The molecular weight excluding hydrogens is 200 g/mol. The van der Waals surface area contributed by atoms with Gasteiger partial charge in [0.15, 0.2) is 0 Å². The fraction of sp³-hybridized carbons (Fsp3) is 0.556. The molecule has 0 saturated heterocycles. The Morgan fingerprint density at radius 2 is 2.36 bits per heavy atom. The number of aromatic nitrogens is 1. The molecule has 1 rings (SSSR count). The Bertz CT molecular complexity index is 309. The number of carbonyl (C=O) groups is 1. The van der Waals surface area contributed by atoms with Gasteiger partial charge in [-0.15, -0.1) is 11.3 Å². The summed E-state index contributed by atoms with van der Waals surface area (Å²) in [7, 11) is 1.66. The van der Waals surface area contributed by atoms with Crippen molar-refractivity contribution < 1.29 is 9.90 Å². The van der Waals surface area contributed by atoms with Gasteiger partial charge in [0.05, 0.1) is 17.7 Å². The van der Waals surface area contributed by atoms with Gasteiger partial charge in [0.1, 0.15) is 5.69 Å². The zero-order chi connectivity index (χ0) is 10.8. The number of nitrogens with zero attached hydrogens (tertiary/aromatic N) is 2. The maximum atomic E-state index is 11.8. The van der Waals surface area contributed by atoms with Gasteiger partial charge in [-0.3, -0.25) is 4.79 Å². The Balaban J connectivity index is 2.81. The number of likely N-dealkylation sites (N-methyl/N-ethyl adjacent to an activating group) is 1. The summed E-state index contributed by atoms with van der Waals surface area (Å²) >= 11 is 1.38. The zero-order valence-electron chi connectivity index (χ0n) is 8.52. The smallest absolute Gasteiger partial charge is 0.273 e. The second-order valence-electron chi connectivity index (χ2n) is 3.71. The third-order valence-electron chi connectivity index (χ3n) is 2.25. The lowest BCUT2D eigenvalue weighted by Gasteiger charge is -2.33. The third kappa shape index (κ3) is 2.10. The molecule has 0 unspecified atom stereocenters. The second-order valence-corrected chi connectivity index (χ2v) is 4.43. The Labute approximate surface area is 87.2 Å². The molecule has 5 heteroatoms. The van der Waals surface area contributed by atoms with E-state index in [1.807, 2.05) is 0 Å². The zero-order valence-corrected chi connectivity index (χ0v) is 9.34. The van der Waals surface area contributed by atoms with Crippen LogP contribution in [-0.4, -0.2) is 40.1 Å². The quantitative estimate of drug-likeness (QED) is 0.816. The number of hydrogen-bond donors (Lipinski definition) is 1. The average Bonchev–Trinajstić information content (AvgIpc) is 2.68. The Kier molecular flexibility index (Phi) is 3.23. The van der Waals surface area contributed by atoms with E-state index in [4.69, 9.17) is 5.11 Å². The first-order valence-electron chi connectivity index (χ1n) is 4.26. The van der Waals surface area contributed by atoms with Crippen LogP contribution in [-0.2, 0) is 0 Å². The van der Waals surface area contributed by atoms with E-state index in [0.29, 0.717) is 5.69 Å². The molecule has 0 radical (unpaired) electrons. The van der Waals surface area contributed by atoms with Crippen molar-refractivity contribution in [1.82, 2.24) is 9.88 Å². The van der Waals surface area contributed by atoms with Gasteiger partial charge in [0, 0.05) is 12.4 Å². The largest absolute Gasteiger partial charge is 0.394 e. The van der Waals surface area contributed by atoms with Crippen molar-refractivity contribution >= 4 is 17.2 Å². The summed E-state index contributed by atoms with van der Waals surface area (Å²) in [4.78, 5) is 17.2. The normalized spacial score (nSPS) is 11.4. The molecule has 1 N–H and O–H groups in total. The molecule has 0 saturated carbocycles. The number of hydrogen-bond acceptors (Lipinski definition) is 4. The molecule has 4 nitrogen and oxygen atoms in total. The lowest BCUT2D eigenvalue weighted by atomic mass is 10.1. The average molecular weight is 214 g/mol. The molecule has 14 heavy (non-hydrogen) atoms. The molecule has 1 amide bonds. The lowest BCUT2D eigenvalue weighted by molar-refractivity contribution is 0.0468. The molecule has 1 aromatic heterocycles. The molecule has 0 aromatic carbocycles. The molecule has 0 atom stereocenters. The monoisotopic (exact) mass is 214 g/mol. The van der Waals surface area contributed by atoms with Gasteiger partial charge in [-0.05, 0) is 13.8 Å². The first-order valence-corrected chi connectivity index (χ1v) is 5.20. The highest BCUT2D eigenvalue weighted by molar-refractivity contribution is 7.07. The van der Waals surface area contributed by atoms with E-state index in [-0.39, 0.29) is 12.5 Å². The first-order chi connectivity index (χ1) is 6.49. The number of rotatable bonds is 3. The molecule has 1 heterocycles. The van der Waals surface area contributed by atoms with Crippen LogP contribution in [0.1, 0.15) is 24.3 Å². The van der Waals surface area contributed by atoms with Gasteiger partial charge < -0.3 is 10.0 Å². The molecule has 1 aromatic rings. The molecule has 0 aliphatic heterocycles. The third-order valence-corrected chi connectivity index (χ3v) is 2.84. The van der Waals surface area contributed by atoms with Crippen molar-refractivity contribution in [1.29, 1.82) is 0 Å². The summed E-state index contributed by atoms with van der Waals surface area (Å²) in [6.07, 6.45) is 0. The van der Waals surface area contributed by atoms with E-state index >= 15 is 0 Å². The lowest BCUT2D eigenvalue weighted by Crippen LogP contribution is -2.47. The number of aliphatic hydroxyl groups excluding tert-OH is 1.